The first kappa shape index (κ1) is 9.86. The summed E-state index contributed by atoms with van der Waals surface area (Å²) < 4.78 is 0. The Balaban J connectivity index is 2.84. The van der Waals surface area contributed by atoms with Crippen molar-refractivity contribution in [3.8, 4) is 5.75 Å². The van der Waals surface area contributed by atoms with E-state index in [1.54, 1.807) is 11.1 Å². The molecule has 1 N–H and O–H groups in total. The van der Waals surface area contributed by atoms with Crippen LogP contribution in [0.4, 0.5) is 5.69 Å². The van der Waals surface area contributed by atoms with Gasteiger partial charge in [0.1, 0.15) is 5.75 Å². The molecule has 0 radical (unpaired) electrons. The van der Waals surface area contributed by atoms with Crippen LogP contribution in [0.5, 0.6) is 5.75 Å². The molecule has 0 saturated carbocycles. The van der Waals surface area contributed by atoms with Gasteiger partial charge in [-0.2, -0.15) is 0 Å². The Labute approximate surface area is 78.5 Å². The summed E-state index contributed by atoms with van der Waals surface area (Å²) in [7, 11) is 1.81. The number of anilines is 1. The highest BCUT2D eigenvalue weighted by molar-refractivity contribution is 5.50. The minimum absolute atomic E-state index is 0.295. The molecule has 3 heteroatoms. The van der Waals surface area contributed by atoms with Crippen LogP contribution < -0.4 is 5.06 Å². The van der Waals surface area contributed by atoms with E-state index in [-0.39, 0.29) is 0 Å². The van der Waals surface area contributed by atoms with Crippen molar-refractivity contribution in [1.29, 1.82) is 0 Å². The van der Waals surface area contributed by atoms with Crippen LogP contribution in [0, 0.1) is 6.92 Å². The minimum Gasteiger partial charge on any atom is -0.508 e. The number of hydrogen-bond acceptors (Lipinski definition) is 3. The molecule has 0 bridgehead atoms. The van der Waals surface area contributed by atoms with E-state index in [0.29, 0.717) is 12.4 Å². The summed E-state index contributed by atoms with van der Waals surface area (Å²) in [6, 6.07) is 5.45. The first-order valence-electron chi connectivity index (χ1n) is 4.31. The highest BCUT2D eigenvalue weighted by Crippen LogP contribution is 2.23. The molecule has 0 saturated heterocycles. The minimum atomic E-state index is 0.295. The van der Waals surface area contributed by atoms with Crippen molar-refractivity contribution in [3.63, 3.8) is 0 Å². The van der Waals surface area contributed by atoms with Crippen LogP contribution in [0.3, 0.4) is 0 Å². The maximum Gasteiger partial charge on any atom is 0.120 e. The lowest BCUT2D eigenvalue weighted by Crippen LogP contribution is -2.17. The van der Waals surface area contributed by atoms with Gasteiger partial charge in [0.15, 0.2) is 0 Å². The molecule has 1 rings (SSSR count). The van der Waals surface area contributed by atoms with Gasteiger partial charge in [-0.15, -0.1) is 0 Å². The molecule has 0 aromatic heterocycles. The molecule has 0 heterocycles. The van der Waals surface area contributed by atoms with E-state index in [4.69, 9.17) is 4.84 Å². The zero-order chi connectivity index (χ0) is 9.84. The molecule has 0 aliphatic carbocycles. The second-order valence-corrected chi connectivity index (χ2v) is 2.89. The molecule has 0 aliphatic rings. The van der Waals surface area contributed by atoms with Crippen molar-refractivity contribution in [2.45, 2.75) is 13.8 Å². The Morgan fingerprint density at radius 1 is 1.46 bits per heavy atom. The van der Waals surface area contributed by atoms with Crippen LogP contribution in [-0.2, 0) is 4.84 Å². The van der Waals surface area contributed by atoms with Crippen LogP contribution in [0.25, 0.3) is 0 Å². The van der Waals surface area contributed by atoms with Gasteiger partial charge in [-0.1, -0.05) is 6.07 Å². The summed E-state index contributed by atoms with van der Waals surface area (Å²) in [5.74, 6) is 0.295. The molecule has 0 fully saturated rings. The van der Waals surface area contributed by atoms with Crippen LogP contribution in [-0.4, -0.2) is 18.8 Å². The average molecular weight is 181 g/mol. The van der Waals surface area contributed by atoms with Gasteiger partial charge >= 0.3 is 0 Å². The van der Waals surface area contributed by atoms with Crippen molar-refractivity contribution in [3.05, 3.63) is 23.8 Å². The predicted octanol–water partition coefficient (Wildman–Crippen LogP) is 2.09. The van der Waals surface area contributed by atoms with Crippen LogP contribution in [0.1, 0.15) is 12.5 Å². The van der Waals surface area contributed by atoms with Crippen molar-refractivity contribution in [2.75, 3.05) is 18.7 Å². The third-order valence-corrected chi connectivity index (χ3v) is 1.88. The fourth-order valence-corrected chi connectivity index (χ4v) is 1.06. The lowest BCUT2D eigenvalue weighted by atomic mass is 10.2. The van der Waals surface area contributed by atoms with Gasteiger partial charge in [-0.3, -0.25) is 9.90 Å². The second-order valence-electron chi connectivity index (χ2n) is 2.89. The van der Waals surface area contributed by atoms with Gasteiger partial charge in [0.05, 0.1) is 12.3 Å². The Morgan fingerprint density at radius 3 is 2.69 bits per heavy atom. The number of nitrogens with zero attached hydrogens (tertiary/aromatic N) is 1. The largest absolute Gasteiger partial charge is 0.508 e. The third kappa shape index (κ3) is 2.36. The molecule has 3 nitrogen and oxygen atoms in total. The lowest BCUT2D eigenvalue weighted by Gasteiger charge is -2.18. The molecule has 0 atom stereocenters. The van der Waals surface area contributed by atoms with E-state index in [9.17, 15) is 5.11 Å². The summed E-state index contributed by atoms with van der Waals surface area (Å²) >= 11 is 0. The summed E-state index contributed by atoms with van der Waals surface area (Å²) in [6.45, 7) is 4.40. The fraction of sp³-hybridized carbons (Fsp3) is 0.400. The quantitative estimate of drug-likeness (QED) is 0.725. The summed E-state index contributed by atoms with van der Waals surface area (Å²) in [6.07, 6.45) is 0. The zero-order valence-electron chi connectivity index (χ0n) is 8.24. The maximum absolute atomic E-state index is 9.43. The lowest BCUT2D eigenvalue weighted by molar-refractivity contribution is 0.134. The predicted molar refractivity (Wildman–Crippen MR) is 52.9 cm³/mol. The van der Waals surface area contributed by atoms with E-state index in [1.807, 2.05) is 33.0 Å². The molecule has 72 valence electrons. The van der Waals surface area contributed by atoms with Crippen LogP contribution in [0.15, 0.2) is 18.2 Å². The molecule has 13 heavy (non-hydrogen) atoms. The van der Waals surface area contributed by atoms with Gasteiger partial charge in [0, 0.05) is 13.1 Å². The molecule has 0 spiro atoms. The first-order valence-corrected chi connectivity index (χ1v) is 4.31. The van der Waals surface area contributed by atoms with E-state index in [1.165, 1.54) is 0 Å². The normalized spacial score (nSPS) is 10.1. The van der Waals surface area contributed by atoms with Crippen molar-refractivity contribution in [2.24, 2.45) is 0 Å². The molecule has 1 aromatic rings. The fourth-order valence-electron chi connectivity index (χ4n) is 1.06. The number of aromatic hydroxyl groups is 1. The van der Waals surface area contributed by atoms with Crippen molar-refractivity contribution in [1.82, 2.24) is 0 Å². The van der Waals surface area contributed by atoms with Crippen LogP contribution in [0.2, 0.25) is 0 Å². The summed E-state index contributed by atoms with van der Waals surface area (Å²) in [5.41, 5.74) is 1.72. The van der Waals surface area contributed by atoms with Crippen molar-refractivity contribution >= 4 is 5.69 Å². The number of hydroxylamine groups is 1. The molecular formula is C10H15NO2. The van der Waals surface area contributed by atoms with Crippen molar-refractivity contribution < 1.29 is 9.94 Å². The van der Waals surface area contributed by atoms with E-state index < -0.39 is 0 Å². The Kier molecular flexibility index (Phi) is 3.14. The molecular weight excluding hydrogens is 166 g/mol. The number of hydrogen-bond donors (Lipinski definition) is 1. The van der Waals surface area contributed by atoms with Crippen LogP contribution >= 0.6 is 0 Å². The highest BCUT2D eigenvalue weighted by Gasteiger charge is 2.02. The van der Waals surface area contributed by atoms with Gasteiger partial charge in [-0.05, 0) is 25.5 Å². The molecule has 1 aromatic carbocycles. The summed E-state index contributed by atoms with van der Waals surface area (Å²) in [5, 5.41) is 11.1. The SMILES string of the molecule is CCON(C)c1ccc(C)c(O)c1. The number of aryl methyl sites for hydroxylation is 1. The standard InChI is InChI=1S/C10H15NO2/c1-4-13-11(3)9-6-5-8(2)10(12)7-9/h5-7,12H,4H2,1-3H3. The van der Waals surface area contributed by atoms with Gasteiger partial charge in [-0.25, -0.2) is 0 Å². The monoisotopic (exact) mass is 181 g/mol. The Bertz CT molecular complexity index is 286. The Morgan fingerprint density at radius 2 is 2.15 bits per heavy atom. The molecule has 0 amide bonds. The number of benzene rings is 1. The first-order chi connectivity index (χ1) is 6.15. The summed E-state index contributed by atoms with van der Waals surface area (Å²) in [4.78, 5) is 5.24. The van der Waals surface area contributed by atoms with E-state index in [0.717, 1.165) is 11.3 Å². The topological polar surface area (TPSA) is 32.7 Å². The van der Waals surface area contributed by atoms with Gasteiger partial charge in [0.25, 0.3) is 0 Å². The zero-order valence-corrected chi connectivity index (χ0v) is 8.24. The number of phenols is 1. The van der Waals surface area contributed by atoms with Gasteiger partial charge in [0.2, 0.25) is 0 Å². The molecule has 0 aliphatic heterocycles. The number of rotatable bonds is 3. The smallest absolute Gasteiger partial charge is 0.120 e. The maximum atomic E-state index is 9.43. The number of phenolic OH excluding ortho intramolecular Hbond substituents is 1. The second kappa shape index (κ2) is 4.14. The van der Waals surface area contributed by atoms with E-state index in [2.05, 4.69) is 0 Å². The highest BCUT2D eigenvalue weighted by atomic mass is 16.7. The van der Waals surface area contributed by atoms with E-state index >= 15 is 0 Å². The molecule has 0 unspecified atom stereocenters. The van der Waals surface area contributed by atoms with Gasteiger partial charge < -0.3 is 5.11 Å². The third-order valence-electron chi connectivity index (χ3n) is 1.88. The Hall–Kier alpha value is -1.22. The average Bonchev–Trinajstić information content (AvgIpc) is 2.10.